The molecule has 9 nitrogen and oxygen atoms in total. The number of aromatic carboxylic acids is 1. The molecule has 0 saturated carbocycles. The first-order chi connectivity index (χ1) is 13.0. The van der Waals surface area contributed by atoms with Gasteiger partial charge in [-0.2, -0.15) is 0 Å². The van der Waals surface area contributed by atoms with E-state index in [1.807, 2.05) is 20.8 Å². The van der Waals surface area contributed by atoms with Crippen molar-refractivity contribution in [2.45, 2.75) is 33.6 Å². The van der Waals surface area contributed by atoms with Gasteiger partial charge >= 0.3 is 5.97 Å². The minimum atomic E-state index is -1.33. The van der Waals surface area contributed by atoms with Gasteiger partial charge in [0.15, 0.2) is 0 Å². The average molecular weight is 391 g/mol. The molecular weight excluding hydrogens is 366 g/mol. The lowest BCUT2D eigenvalue weighted by Crippen LogP contribution is -2.45. The number of nitrogens with one attached hydrogen (secondary N) is 1. The quantitative estimate of drug-likeness (QED) is 0.585. The van der Waals surface area contributed by atoms with Crippen LogP contribution in [0.4, 0.5) is 5.69 Å². The molecule has 1 unspecified atom stereocenters. The maximum atomic E-state index is 12.8. The molecule has 152 valence electrons. The number of carbonyl (C=O) groups is 3. The topological polar surface area (TPSA) is 130 Å². The normalized spacial score (nSPS) is 17.1. The summed E-state index contributed by atoms with van der Waals surface area (Å²) >= 11 is 0. The molecular formula is C19H25N3O6. The van der Waals surface area contributed by atoms with Crippen LogP contribution in [0.2, 0.25) is 0 Å². The molecule has 0 radical (unpaired) electrons. The lowest BCUT2D eigenvalue weighted by atomic mass is 9.93. The molecule has 0 aliphatic carbocycles. The molecule has 9 heteroatoms. The van der Waals surface area contributed by atoms with Crippen molar-refractivity contribution in [2.24, 2.45) is 11.3 Å². The number of nitro groups is 1. The standard InChI is InChI=1S/C19H25N3O6/c1-19(2,3)18(26)20-10-12-5-4-6-21(11-12)16(23)13-7-14(17(24)25)9-15(8-13)22(27)28/h7-9,12H,4-6,10-11H2,1-3H3,(H,20,26)(H,24,25). The summed E-state index contributed by atoms with van der Waals surface area (Å²) in [6.07, 6.45) is 1.59. The van der Waals surface area contributed by atoms with Crippen LogP contribution in [0, 0.1) is 21.4 Å². The SMILES string of the molecule is CC(C)(C)C(=O)NCC1CCCN(C(=O)c2cc(C(=O)O)cc([N+](=O)[O-])c2)C1. The van der Waals surface area contributed by atoms with E-state index in [1.165, 1.54) is 0 Å². The van der Waals surface area contributed by atoms with Crippen LogP contribution in [0.25, 0.3) is 0 Å². The summed E-state index contributed by atoms with van der Waals surface area (Å²) in [5, 5.41) is 23.1. The van der Waals surface area contributed by atoms with Gasteiger partial charge < -0.3 is 15.3 Å². The summed E-state index contributed by atoms with van der Waals surface area (Å²) in [4.78, 5) is 48.0. The van der Waals surface area contributed by atoms with Crippen LogP contribution >= 0.6 is 0 Å². The molecule has 1 atom stereocenters. The van der Waals surface area contributed by atoms with Crippen LogP contribution in [0.15, 0.2) is 18.2 Å². The van der Waals surface area contributed by atoms with Gasteiger partial charge in [-0.25, -0.2) is 4.79 Å². The Kier molecular flexibility index (Phi) is 6.37. The fourth-order valence-corrected chi connectivity index (χ4v) is 3.06. The Morgan fingerprint density at radius 1 is 1.25 bits per heavy atom. The first-order valence-electron chi connectivity index (χ1n) is 9.09. The van der Waals surface area contributed by atoms with Gasteiger partial charge in [0.25, 0.3) is 11.6 Å². The molecule has 1 heterocycles. The number of carboxylic acid groups (broad SMARTS) is 1. The Labute approximate surface area is 162 Å². The third kappa shape index (κ3) is 5.28. The molecule has 0 spiro atoms. The molecule has 28 heavy (non-hydrogen) atoms. The number of rotatable bonds is 5. The Bertz CT molecular complexity index is 767. The number of nitrogens with zero attached hydrogens (tertiary/aromatic N) is 2. The van der Waals surface area contributed by atoms with Gasteiger partial charge in [-0.1, -0.05) is 20.8 Å². The number of likely N-dealkylation sites (tertiary alicyclic amines) is 1. The van der Waals surface area contributed by atoms with Crippen molar-refractivity contribution in [2.75, 3.05) is 19.6 Å². The largest absolute Gasteiger partial charge is 0.478 e. The molecule has 2 amide bonds. The number of benzene rings is 1. The number of hydrogen-bond acceptors (Lipinski definition) is 5. The molecule has 2 N–H and O–H groups in total. The summed E-state index contributed by atoms with van der Waals surface area (Å²) in [5.41, 5.74) is -1.26. The second-order valence-corrected chi connectivity index (χ2v) is 8.05. The van der Waals surface area contributed by atoms with Gasteiger partial charge in [-0.05, 0) is 24.8 Å². The maximum absolute atomic E-state index is 12.8. The lowest BCUT2D eigenvalue weighted by molar-refractivity contribution is -0.384. The van der Waals surface area contributed by atoms with Crippen molar-refractivity contribution >= 4 is 23.5 Å². The predicted molar refractivity (Wildman–Crippen MR) is 101 cm³/mol. The zero-order valence-electron chi connectivity index (χ0n) is 16.2. The van der Waals surface area contributed by atoms with Gasteiger partial charge in [-0.3, -0.25) is 19.7 Å². The van der Waals surface area contributed by atoms with E-state index < -0.39 is 27.9 Å². The van der Waals surface area contributed by atoms with Gasteiger partial charge in [0.2, 0.25) is 5.91 Å². The number of carbonyl (C=O) groups excluding carboxylic acids is 2. The van der Waals surface area contributed by atoms with Gasteiger partial charge in [0.1, 0.15) is 0 Å². The van der Waals surface area contributed by atoms with Gasteiger partial charge in [0.05, 0.1) is 10.5 Å². The smallest absolute Gasteiger partial charge is 0.335 e. The second kappa shape index (κ2) is 8.37. The molecule has 1 fully saturated rings. The number of piperidine rings is 1. The van der Waals surface area contributed by atoms with Crippen molar-refractivity contribution in [3.8, 4) is 0 Å². The van der Waals surface area contributed by atoms with Crippen molar-refractivity contribution in [1.29, 1.82) is 0 Å². The van der Waals surface area contributed by atoms with Crippen molar-refractivity contribution in [3.63, 3.8) is 0 Å². The summed E-state index contributed by atoms with van der Waals surface area (Å²) in [6.45, 7) is 6.78. The molecule has 1 aliphatic heterocycles. The fraction of sp³-hybridized carbons (Fsp3) is 0.526. The Morgan fingerprint density at radius 2 is 1.89 bits per heavy atom. The molecule has 1 aliphatic rings. The Hall–Kier alpha value is -2.97. The molecule has 1 aromatic carbocycles. The zero-order chi connectivity index (χ0) is 21.1. The van der Waals surface area contributed by atoms with E-state index in [2.05, 4.69) is 5.32 Å². The lowest BCUT2D eigenvalue weighted by Gasteiger charge is -2.33. The minimum absolute atomic E-state index is 0.0222. The summed E-state index contributed by atoms with van der Waals surface area (Å²) < 4.78 is 0. The van der Waals surface area contributed by atoms with Gasteiger partial charge in [-0.15, -0.1) is 0 Å². The Balaban J connectivity index is 2.12. The van der Waals surface area contributed by atoms with Crippen molar-refractivity contribution < 1.29 is 24.4 Å². The predicted octanol–water partition coefficient (Wildman–Crippen LogP) is 2.31. The fourth-order valence-electron chi connectivity index (χ4n) is 3.06. The summed E-state index contributed by atoms with van der Waals surface area (Å²) in [6, 6.07) is 3.18. The third-order valence-electron chi connectivity index (χ3n) is 4.66. The average Bonchev–Trinajstić information content (AvgIpc) is 2.64. The molecule has 0 bridgehead atoms. The highest BCUT2D eigenvalue weighted by Gasteiger charge is 2.28. The van der Waals surface area contributed by atoms with Crippen LogP contribution in [-0.4, -0.2) is 52.3 Å². The highest BCUT2D eigenvalue weighted by atomic mass is 16.6. The summed E-state index contributed by atoms with van der Waals surface area (Å²) in [5.74, 6) is -1.78. The Morgan fingerprint density at radius 3 is 2.46 bits per heavy atom. The molecule has 0 aromatic heterocycles. The third-order valence-corrected chi connectivity index (χ3v) is 4.66. The second-order valence-electron chi connectivity index (χ2n) is 8.05. The van der Waals surface area contributed by atoms with Gasteiger partial charge in [0, 0.05) is 42.7 Å². The monoisotopic (exact) mass is 391 g/mol. The van der Waals surface area contributed by atoms with Crippen LogP contribution in [0.1, 0.15) is 54.3 Å². The molecule has 1 saturated heterocycles. The first kappa shape index (κ1) is 21.3. The number of carboxylic acids is 1. The highest BCUT2D eigenvalue weighted by molar-refractivity contribution is 5.98. The van der Waals surface area contributed by atoms with E-state index in [-0.39, 0.29) is 23.0 Å². The number of amides is 2. The van der Waals surface area contributed by atoms with Crippen molar-refractivity contribution in [1.82, 2.24) is 10.2 Å². The van der Waals surface area contributed by atoms with Crippen LogP contribution in [0.5, 0.6) is 0 Å². The number of non-ortho nitro benzene ring substituents is 1. The van der Waals surface area contributed by atoms with Crippen LogP contribution in [-0.2, 0) is 4.79 Å². The molecule has 1 aromatic rings. The van der Waals surface area contributed by atoms with Crippen LogP contribution in [0.3, 0.4) is 0 Å². The molecule has 2 rings (SSSR count). The van der Waals surface area contributed by atoms with E-state index >= 15 is 0 Å². The van der Waals surface area contributed by atoms with Crippen molar-refractivity contribution in [3.05, 3.63) is 39.4 Å². The zero-order valence-corrected chi connectivity index (χ0v) is 16.2. The van der Waals surface area contributed by atoms with E-state index in [9.17, 15) is 24.5 Å². The summed E-state index contributed by atoms with van der Waals surface area (Å²) in [7, 11) is 0. The first-order valence-corrected chi connectivity index (χ1v) is 9.09. The van der Waals surface area contributed by atoms with E-state index in [4.69, 9.17) is 5.11 Å². The maximum Gasteiger partial charge on any atom is 0.335 e. The number of hydrogen-bond donors (Lipinski definition) is 2. The van der Waals surface area contributed by atoms with E-state index in [1.54, 1.807) is 4.90 Å². The number of nitro benzene ring substituents is 1. The van der Waals surface area contributed by atoms with E-state index in [0.29, 0.717) is 19.6 Å². The van der Waals surface area contributed by atoms with Crippen LogP contribution < -0.4 is 5.32 Å². The minimum Gasteiger partial charge on any atom is -0.478 e. The van der Waals surface area contributed by atoms with E-state index in [0.717, 1.165) is 31.0 Å². The highest BCUT2D eigenvalue weighted by Crippen LogP contribution is 2.23.